The molecule has 4 nitrogen and oxygen atoms in total. The van der Waals surface area contributed by atoms with Gasteiger partial charge in [-0.25, -0.2) is 0 Å². The number of nitrogens with two attached hydrogens (primary N) is 1. The number of hydrogen-bond donors (Lipinski definition) is 3. The molecule has 1 aromatic heterocycles. The van der Waals surface area contributed by atoms with Gasteiger partial charge in [0.25, 0.3) is 0 Å². The van der Waals surface area contributed by atoms with Crippen LogP contribution in [-0.4, -0.2) is 16.4 Å². The van der Waals surface area contributed by atoms with E-state index >= 15 is 0 Å². The number of nitrogens with one attached hydrogen (secondary N) is 2. The summed E-state index contributed by atoms with van der Waals surface area (Å²) in [5.41, 5.74) is 18.8. The Labute approximate surface area is 400 Å². The highest BCUT2D eigenvalue weighted by Crippen LogP contribution is 2.46. The second kappa shape index (κ2) is 17.2. The van der Waals surface area contributed by atoms with Gasteiger partial charge in [-0.1, -0.05) is 182 Å². The highest BCUT2D eigenvalue weighted by atomic mass is 14.6. The van der Waals surface area contributed by atoms with Crippen molar-refractivity contribution < 1.29 is 0 Å². The fourth-order valence-corrected chi connectivity index (χ4v) is 10.3. The molecule has 1 aliphatic rings. The number of nitrogens with zero attached hydrogens (tertiary/aromatic N) is 1. The van der Waals surface area contributed by atoms with Crippen LogP contribution in [0.15, 0.2) is 243 Å². The van der Waals surface area contributed by atoms with Gasteiger partial charge in [-0.3, -0.25) is 15.8 Å². The Hall–Kier alpha value is -9.25. The van der Waals surface area contributed by atoms with E-state index in [0.29, 0.717) is 0 Å². The first-order valence-corrected chi connectivity index (χ1v) is 23.2. The minimum atomic E-state index is 0.234. The van der Waals surface area contributed by atoms with Crippen LogP contribution in [-0.2, 0) is 0 Å². The summed E-state index contributed by atoms with van der Waals surface area (Å²) in [6, 6.07) is 75.5. The first-order chi connectivity index (χ1) is 34.0. The lowest BCUT2D eigenvalue weighted by molar-refractivity contribution is 1.33. The van der Waals surface area contributed by atoms with Gasteiger partial charge in [0.05, 0.1) is 11.4 Å². The van der Waals surface area contributed by atoms with Crippen molar-refractivity contribution in [2.45, 2.75) is 0 Å². The number of rotatable bonds is 5. The van der Waals surface area contributed by atoms with Gasteiger partial charge in [0.2, 0.25) is 0 Å². The van der Waals surface area contributed by atoms with Crippen LogP contribution in [0.25, 0.3) is 115 Å². The third kappa shape index (κ3) is 7.41. The maximum Gasteiger partial charge on any atom is 0.0795 e. The summed E-state index contributed by atoms with van der Waals surface area (Å²) in [5.74, 6) is 0. The molecule has 13 rings (SSSR count). The molecule has 0 bridgehead atoms. The Morgan fingerprint density at radius 3 is 1.26 bits per heavy atom. The minimum absolute atomic E-state index is 0.234. The average molecular weight is 881 g/mol. The van der Waals surface area contributed by atoms with E-state index < -0.39 is 0 Å². The third-order valence-corrected chi connectivity index (χ3v) is 13.5. The third-order valence-electron chi connectivity index (χ3n) is 13.5. The van der Waals surface area contributed by atoms with Crippen LogP contribution in [0.3, 0.4) is 0 Å². The molecule has 0 radical (unpaired) electrons. The van der Waals surface area contributed by atoms with Crippen LogP contribution >= 0.6 is 0 Å². The number of fused-ring (bicyclic) bond motifs is 6. The predicted octanol–water partition coefficient (Wildman–Crippen LogP) is 16.9. The highest BCUT2D eigenvalue weighted by molar-refractivity contribution is 6.50. The van der Waals surface area contributed by atoms with Crippen LogP contribution in [0, 0.1) is 10.8 Å². The van der Waals surface area contributed by atoms with E-state index in [2.05, 4.69) is 199 Å². The zero-order valence-corrected chi connectivity index (χ0v) is 37.6. The van der Waals surface area contributed by atoms with Crippen LogP contribution in [0.1, 0.15) is 5.56 Å². The van der Waals surface area contributed by atoms with Gasteiger partial charge in [0.1, 0.15) is 0 Å². The lowest BCUT2D eigenvalue weighted by atomic mass is 9.84. The number of hydrogen-bond acceptors (Lipinski definition) is 4. The number of allylic oxidation sites excluding steroid dienone is 4. The van der Waals surface area contributed by atoms with Gasteiger partial charge in [0, 0.05) is 23.6 Å². The van der Waals surface area contributed by atoms with E-state index in [9.17, 15) is 0 Å². The molecule has 324 valence electrons. The van der Waals surface area contributed by atoms with Gasteiger partial charge < -0.3 is 5.73 Å². The van der Waals surface area contributed by atoms with Crippen LogP contribution in [0.2, 0.25) is 0 Å². The highest BCUT2D eigenvalue weighted by Gasteiger charge is 2.20. The standard InChI is InChI=1S/C40H26N2.C25H18N2/c41-37-20-18-30(24-38(37)42)29-17-19-35-36(23-29)40(32-16-14-26-8-2-4-10-28(26)22-32)34-12-6-5-11-33(34)39(35)31-15-13-25-7-1-3-9-27(25)21-31;26-19-13-11-17(12-14-19)24-20-7-1-3-9-22(20)25(18-6-5-15-27-16-18)23-10-4-2-8-21(23)24/h1-24,41-42H;1-16H,26H2. The zero-order chi connectivity index (χ0) is 46.4. The first kappa shape index (κ1) is 41.2. The van der Waals surface area contributed by atoms with Crippen molar-refractivity contribution in [3.8, 4) is 44.5 Å². The topological polar surface area (TPSA) is 86.6 Å². The molecule has 0 spiro atoms. The van der Waals surface area contributed by atoms with E-state index in [0.717, 1.165) is 22.4 Å². The molecule has 0 saturated heterocycles. The molecule has 4 heteroatoms. The van der Waals surface area contributed by atoms with Crippen molar-refractivity contribution in [2.24, 2.45) is 0 Å². The Balaban J connectivity index is 0.000000157. The Bertz CT molecular complexity index is 4050. The number of pyridine rings is 1. The molecule has 0 amide bonds. The fraction of sp³-hybridized carbons (Fsp3) is 0. The fourth-order valence-electron chi connectivity index (χ4n) is 10.3. The van der Waals surface area contributed by atoms with Crippen LogP contribution in [0.4, 0.5) is 5.69 Å². The first-order valence-electron chi connectivity index (χ1n) is 23.2. The minimum Gasteiger partial charge on any atom is -0.399 e. The second-order valence-corrected chi connectivity index (χ2v) is 17.6. The predicted molar refractivity (Wildman–Crippen MR) is 294 cm³/mol. The Morgan fingerprint density at radius 2 is 0.754 bits per heavy atom. The lowest BCUT2D eigenvalue weighted by Gasteiger charge is -2.20. The number of aromatic nitrogens is 1. The molecule has 12 aromatic rings. The van der Waals surface area contributed by atoms with Gasteiger partial charge in [-0.15, -0.1) is 0 Å². The zero-order valence-electron chi connectivity index (χ0n) is 37.6. The molecule has 0 saturated carbocycles. The molecule has 11 aromatic carbocycles. The molecule has 0 fully saturated rings. The van der Waals surface area contributed by atoms with Crippen molar-refractivity contribution in [1.29, 1.82) is 10.8 Å². The summed E-state index contributed by atoms with van der Waals surface area (Å²) in [7, 11) is 0. The molecule has 1 heterocycles. The number of anilines is 1. The van der Waals surface area contributed by atoms with E-state index in [1.807, 2.05) is 36.7 Å². The summed E-state index contributed by atoms with van der Waals surface area (Å²) >= 11 is 0. The van der Waals surface area contributed by atoms with Gasteiger partial charge in [-0.2, -0.15) is 0 Å². The van der Waals surface area contributed by atoms with Gasteiger partial charge in [-0.05, 0) is 163 Å². The molecule has 0 aliphatic heterocycles. The van der Waals surface area contributed by atoms with E-state index in [4.69, 9.17) is 16.6 Å². The molecule has 4 N–H and O–H groups in total. The van der Waals surface area contributed by atoms with E-state index in [1.54, 1.807) is 12.2 Å². The van der Waals surface area contributed by atoms with Crippen molar-refractivity contribution in [1.82, 2.24) is 4.98 Å². The average Bonchev–Trinajstić information content (AvgIpc) is 3.40. The van der Waals surface area contributed by atoms with Crippen molar-refractivity contribution in [2.75, 3.05) is 5.73 Å². The van der Waals surface area contributed by atoms with Gasteiger partial charge in [0.15, 0.2) is 0 Å². The van der Waals surface area contributed by atoms with E-state index in [-0.39, 0.29) is 11.4 Å². The Morgan fingerprint density at radius 1 is 0.319 bits per heavy atom. The van der Waals surface area contributed by atoms with Gasteiger partial charge >= 0.3 is 0 Å². The molecular weight excluding hydrogens is 837 g/mol. The van der Waals surface area contributed by atoms with E-state index in [1.165, 1.54) is 104 Å². The molecular formula is C65H44N4. The maximum atomic E-state index is 8.26. The normalized spacial score (nSPS) is 12.5. The molecule has 1 aliphatic carbocycles. The smallest absolute Gasteiger partial charge is 0.0795 e. The summed E-state index contributed by atoms with van der Waals surface area (Å²) in [6.45, 7) is 0. The number of nitrogen functional groups attached to an aromatic ring is 1. The summed E-state index contributed by atoms with van der Waals surface area (Å²) < 4.78 is 0. The van der Waals surface area contributed by atoms with Crippen LogP contribution in [0.5, 0.6) is 0 Å². The summed E-state index contributed by atoms with van der Waals surface area (Å²) in [5, 5.41) is 30.9. The maximum absolute atomic E-state index is 8.26. The largest absolute Gasteiger partial charge is 0.399 e. The molecule has 69 heavy (non-hydrogen) atoms. The second-order valence-electron chi connectivity index (χ2n) is 17.6. The summed E-state index contributed by atoms with van der Waals surface area (Å²) in [4.78, 5) is 4.35. The van der Waals surface area contributed by atoms with Crippen LogP contribution < -0.4 is 5.73 Å². The molecule has 0 unspecified atom stereocenters. The quantitative estimate of drug-likeness (QED) is 0.0914. The molecule has 0 atom stereocenters. The monoisotopic (exact) mass is 880 g/mol. The lowest BCUT2D eigenvalue weighted by Crippen LogP contribution is -2.09. The van der Waals surface area contributed by atoms with Crippen molar-refractivity contribution >= 4 is 87.3 Å². The van der Waals surface area contributed by atoms with Crippen molar-refractivity contribution in [3.63, 3.8) is 0 Å². The van der Waals surface area contributed by atoms with Crippen molar-refractivity contribution in [3.05, 3.63) is 249 Å². The Kier molecular flexibility index (Phi) is 10.3. The summed E-state index contributed by atoms with van der Waals surface area (Å²) in [6.07, 6.45) is 9.22. The SMILES string of the molecule is N=C1C=CC(c2ccc3c(-c4ccc5ccccc5c4)c4ccccc4c(-c4ccc5ccccc5c4)c3c2)=CC1=N.Nc1ccc(-c2c3ccccc3c(-c3cccnc3)c3ccccc23)cc1. The number of benzene rings is 11.